The lowest BCUT2D eigenvalue weighted by atomic mass is 10.0. The van der Waals surface area contributed by atoms with E-state index in [1.165, 1.54) is 6.07 Å². The average Bonchev–Trinajstić information content (AvgIpc) is 2.97. The third kappa shape index (κ3) is 2.87. The summed E-state index contributed by atoms with van der Waals surface area (Å²) in [7, 11) is 0. The topological polar surface area (TPSA) is 84.3 Å². The molecule has 0 radical (unpaired) electrons. The number of nitrogens with one attached hydrogen (secondary N) is 2. The van der Waals surface area contributed by atoms with Gasteiger partial charge in [-0.1, -0.05) is 6.07 Å². The third-order valence-electron chi connectivity index (χ3n) is 3.35. The van der Waals surface area contributed by atoms with E-state index in [0.717, 1.165) is 10.4 Å². The van der Waals surface area contributed by atoms with Crippen LogP contribution in [0.5, 0.6) is 0 Å². The molecule has 7 heteroatoms. The van der Waals surface area contributed by atoms with Crippen molar-refractivity contribution in [1.29, 1.82) is 0 Å². The Morgan fingerprint density at radius 1 is 1.38 bits per heavy atom. The molecule has 0 saturated carbocycles. The maximum absolute atomic E-state index is 11.4. The second kappa shape index (κ2) is 5.53. The van der Waals surface area contributed by atoms with Gasteiger partial charge in [0.1, 0.15) is 5.69 Å². The number of hydrogen-bond acceptors (Lipinski definition) is 5. The van der Waals surface area contributed by atoms with Crippen molar-refractivity contribution in [2.75, 3.05) is 10.6 Å². The summed E-state index contributed by atoms with van der Waals surface area (Å²) in [6, 6.07) is 7.12. The quantitative estimate of drug-likeness (QED) is 0.671. The van der Waals surface area contributed by atoms with Gasteiger partial charge in [-0.3, -0.25) is 14.9 Å². The van der Waals surface area contributed by atoms with Gasteiger partial charge in [0.15, 0.2) is 0 Å². The highest BCUT2D eigenvalue weighted by Gasteiger charge is 2.22. The number of anilines is 2. The van der Waals surface area contributed by atoms with Crippen LogP contribution in [0.3, 0.4) is 0 Å². The Kier molecular flexibility index (Phi) is 3.57. The summed E-state index contributed by atoms with van der Waals surface area (Å²) < 4.78 is 0. The second-order valence-corrected chi connectivity index (χ2v) is 5.80. The lowest BCUT2D eigenvalue weighted by molar-refractivity contribution is -0.383. The minimum absolute atomic E-state index is 0.0208. The van der Waals surface area contributed by atoms with Crippen LogP contribution >= 0.6 is 11.3 Å². The zero-order valence-electron chi connectivity index (χ0n) is 11.1. The van der Waals surface area contributed by atoms with Crippen molar-refractivity contribution in [1.82, 2.24) is 0 Å². The number of nitro groups is 1. The smallest absolute Gasteiger partial charge is 0.294 e. The van der Waals surface area contributed by atoms with Crippen molar-refractivity contribution in [3.05, 3.63) is 50.2 Å². The highest BCUT2D eigenvalue weighted by Crippen LogP contribution is 2.34. The fourth-order valence-electron chi connectivity index (χ4n) is 2.31. The molecule has 1 aromatic heterocycles. The van der Waals surface area contributed by atoms with E-state index in [4.69, 9.17) is 0 Å². The van der Waals surface area contributed by atoms with Crippen LogP contribution in [0.4, 0.5) is 17.1 Å². The van der Waals surface area contributed by atoms with E-state index in [1.54, 1.807) is 17.4 Å². The maximum atomic E-state index is 11.4. The molecule has 0 spiro atoms. The first-order chi connectivity index (χ1) is 10.1. The van der Waals surface area contributed by atoms with E-state index in [-0.39, 0.29) is 11.6 Å². The monoisotopic (exact) mass is 303 g/mol. The Labute approximate surface area is 124 Å². The number of rotatable bonds is 4. The van der Waals surface area contributed by atoms with Gasteiger partial charge in [0.25, 0.3) is 5.69 Å². The summed E-state index contributed by atoms with van der Waals surface area (Å²) in [5, 5.41) is 19.0. The maximum Gasteiger partial charge on any atom is 0.294 e. The van der Waals surface area contributed by atoms with Crippen molar-refractivity contribution in [3.63, 3.8) is 0 Å². The first-order valence-electron chi connectivity index (χ1n) is 6.51. The third-order valence-corrected chi connectivity index (χ3v) is 4.22. The van der Waals surface area contributed by atoms with Gasteiger partial charge >= 0.3 is 0 Å². The Hall–Kier alpha value is -2.41. The van der Waals surface area contributed by atoms with E-state index in [1.807, 2.05) is 17.5 Å². The SMILES string of the molecule is O=C1CCc2cc(NCc3cccs3)c([N+](=O)[O-])cc2N1. The summed E-state index contributed by atoms with van der Waals surface area (Å²) in [5.41, 5.74) is 1.93. The Morgan fingerprint density at radius 3 is 2.95 bits per heavy atom. The van der Waals surface area contributed by atoms with E-state index < -0.39 is 4.92 Å². The molecule has 0 aliphatic carbocycles. The summed E-state index contributed by atoms with van der Waals surface area (Å²) in [6.45, 7) is 0.545. The van der Waals surface area contributed by atoms with E-state index in [0.29, 0.717) is 30.8 Å². The largest absolute Gasteiger partial charge is 0.375 e. The first kappa shape index (κ1) is 13.6. The number of aryl methyl sites for hydroxylation is 1. The van der Waals surface area contributed by atoms with Gasteiger partial charge in [-0.05, 0) is 29.5 Å². The molecule has 0 atom stereocenters. The summed E-state index contributed by atoms with van der Waals surface area (Å²) in [6.07, 6.45) is 1.02. The van der Waals surface area contributed by atoms with Crippen molar-refractivity contribution in [2.24, 2.45) is 0 Å². The molecule has 1 amide bonds. The average molecular weight is 303 g/mol. The number of nitro benzene ring substituents is 1. The number of carbonyl (C=O) groups excluding carboxylic acids is 1. The van der Waals surface area contributed by atoms with Gasteiger partial charge in [-0.15, -0.1) is 11.3 Å². The Balaban J connectivity index is 1.91. The molecule has 2 heterocycles. The number of hydrogen-bond donors (Lipinski definition) is 2. The number of thiophene rings is 1. The number of carbonyl (C=O) groups is 1. The number of benzene rings is 1. The fourth-order valence-corrected chi connectivity index (χ4v) is 2.95. The van der Waals surface area contributed by atoms with Crippen LogP contribution in [0.1, 0.15) is 16.9 Å². The fraction of sp³-hybridized carbons (Fsp3) is 0.214. The predicted octanol–water partition coefficient (Wildman–Crippen LogP) is 3.15. The molecular formula is C14H13N3O3S. The van der Waals surface area contributed by atoms with Crippen LogP contribution in [0.2, 0.25) is 0 Å². The van der Waals surface area contributed by atoms with Gasteiger partial charge in [0, 0.05) is 23.9 Å². The highest BCUT2D eigenvalue weighted by atomic mass is 32.1. The number of amides is 1. The molecule has 108 valence electrons. The van der Waals surface area contributed by atoms with Crippen LogP contribution in [-0.2, 0) is 17.8 Å². The van der Waals surface area contributed by atoms with Gasteiger partial charge in [0.05, 0.1) is 10.6 Å². The summed E-state index contributed by atoms with van der Waals surface area (Å²) >= 11 is 1.60. The van der Waals surface area contributed by atoms with Crippen LogP contribution in [0.15, 0.2) is 29.6 Å². The molecule has 0 unspecified atom stereocenters. The summed E-state index contributed by atoms with van der Waals surface area (Å²) in [4.78, 5) is 23.3. The molecule has 0 bridgehead atoms. The van der Waals surface area contributed by atoms with Crippen molar-refractivity contribution in [3.8, 4) is 0 Å². The lowest BCUT2D eigenvalue weighted by Crippen LogP contribution is -2.19. The van der Waals surface area contributed by atoms with Crippen molar-refractivity contribution >= 4 is 34.3 Å². The van der Waals surface area contributed by atoms with Gasteiger partial charge in [0.2, 0.25) is 5.91 Å². The second-order valence-electron chi connectivity index (χ2n) is 4.76. The van der Waals surface area contributed by atoms with Gasteiger partial charge in [-0.2, -0.15) is 0 Å². The van der Waals surface area contributed by atoms with E-state index in [9.17, 15) is 14.9 Å². The molecule has 0 saturated heterocycles. The number of fused-ring (bicyclic) bond motifs is 1. The van der Waals surface area contributed by atoms with E-state index >= 15 is 0 Å². The molecule has 3 rings (SSSR count). The molecule has 21 heavy (non-hydrogen) atoms. The normalized spacial score (nSPS) is 13.4. The molecule has 1 aromatic carbocycles. The van der Waals surface area contributed by atoms with Crippen LogP contribution in [-0.4, -0.2) is 10.8 Å². The molecule has 2 aromatic rings. The van der Waals surface area contributed by atoms with E-state index in [2.05, 4.69) is 10.6 Å². The highest BCUT2D eigenvalue weighted by molar-refractivity contribution is 7.09. The molecule has 2 N–H and O–H groups in total. The standard InChI is InChI=1S/C14H13N3O3S/c18-14-4-3-9-6-12(15-8-10-2-1-5-21-10)13(17(19)20)7-11(9)16-14/h1-2,5-7,15H,3-4,8H2,(H,16,18). The first-order valence-corrected chi connectivity index (χ1v) is 7.39. The molecule has 1 aliphatic rings. The molecular weight excluding hydrogens is 290 g/mol. The van der Waals surface area contributed by atoms with Crippen LogP contribution in [0, 0.1) is 10.1 Å². The molecule has 6 nitrogen and oxygen atoms in total. The summed E-state index contributed by atoms with van der Waals surface area (Å²) in [5.74, 6) is -0.101. The Bertz CT molecular complexity index is 698. The predicted molar refractivity (Wildman–Crippen MR) is 81.7 cm³/mol. The zero-order chi connectivity index (χ0) is 14.8. The zero-order valence-corrected chi connectivity index (χ0v) is 11.9. The van der Waals surface area contributed by atoms with Crippen LogP contribution < -0.4 is 10.6 Å². The van der Waals surface area contributed by atoms with Crippen molar-refractivity contribution in [2.45, 2.75) is 19.4 Å². The van der Waals surface area contributed by atoms with Crippen LogP contribution in [0.25, 0.3) is 0 Å². The molecule has 0 fully saturated rings. The Morgan fingerprint density at radius 2 is 2.24 bits per heavy atom. The molecule has 1 aliphatic heterocycles. The van der Waals surface area contributed by atoms with Gasteiger partial charge in [-0.25, -0.2) is 0 Å². The number of nitrogens with zero attached hydrogens (tertiary/aromatic N) is 1. The van der Waals surface area contributed by atoms with Gasteiger partial charge < -0.3 is 10.6 Å². The minimum atomic E-state index is -0.433. The van der Waals surface area contributed by atoms with Crippen molar-refractivity contribution < 1.29 is 9.72 Å². The lowest BCUT2D eigenvalue weighted by Gasteiger charge is -2.18. The minimum Gasteiger partial charge on any atom is -0.375 e.